The van der Waals surface area contributed by atoms with E-state index in [1.54, 1.807) is 6.20 Å². The summed E-state index contributed by atoms with van der Waals surface area (Å²) in [7, 11) is 0. The highest BCUT2D eigenvalue weighted by Gasteiger charge is 2.32. The van der Waals surface area contributed by atoms with E-state index in [0.29, 0.717) is 30.6 Å². The van der Waals surface area contributed by atoms with Gasteiger partial charge in [0.25, 0.3) is 5.91 Å². The lowest BCUT2D eigenvalue weighted by Gasteiger charge is -2.35. The molecule has 0 bridgehead atoms. The number of hydrogen-bond donors (Lipinski definition) is 2. The van der Waals surface area contributed by atoms with Crippen molar-refractivity contribution in [2.24, 2.45) is 5.41 Å². The number of nitrogens with zero attached hydrogens (tertiary/aromatic N) is 1. The summed E-state index contributed by atoms with van der Waals surface area (Å²) < 4.78 is 5.32. The van der Waals surface area contributed by atoms with Crippen molar-refractivity contribution in [3.63, 3.8) is 0 Å². The molecule has 0 saturated carbocycles. The van der Waals surface area contributed by atoms with Crippen LogP contribution in [0.1, 0.15) is 47.3 Å². The molecule has 1 aromatic rings. The fraction of sp³-hybridized carbons (Fsp3) is 0.714. The number of aromatic nitrogens is 1. The van der Waals surface area contributed by atoms with Crippen LogP contribution in [0.5, 0.6) is 0 Å². The lowest BCUT2D eigenvalue weighted by Crippen LogP contribution is -2.43. The quantitative estimate of drug-likeness (QED) is 0.869. The Hall–Kier alpha value is -0.980. The van der Waals surface area contributed by atoms with E-state index in [9.17, 15) is 9.90 Å². The molecule has 2 heterocycles. The number of amides is 1. The number of nitrogens with one attached hydrogen (secondary N) is 1. The zero-order valence-electron chi connectivity index (χ0n) is 12.0. The molecule has 0 radical (unpaired) electrons. The van der Waals surface area contributed by atoms with Gasteiger partial charge in [-0.3, -0.25) is 4.79 Å². The fourth-order valence-electron chi connectivity index (χ4n) is 2.21. The summed E-state index contributed by atoms with van der Waals surface area (Å²) in [6.45, 7) is 5.98. The van der Waals surface area contributed by atoms with Crippen LogP contribution in [0.25, 0.3) is 0 Å². The second-order valence-corrected chi connectivity index (χ2v) is 6.73. The normalized spacial score (nSPS) is 18.2. The molecule has 2 rings (SSSR count). The van der Waals surface area contributed by atoms with Crippen LogP contribution in [0, 0.1) is 5.41 Å². The van der Waals surface area contributed by atoms with Gasteiger partial charge in [0.05, 0.1) is 17.8 Å². The Balaban J connectivity index is 1.93. The van der Waals surface area contributed by atoms with Crippen LogP contribution >= 0.6 is 11.3 Å². The summed E-state index contributed by atoms with van der Waals surface area (Å²) >= 11 is 1.43. The van der Waals surface area contributed by atoms with Crippen LogP contribution < -0.4 is 5.32 Å². The van der Waals surface area contributed by atoms with Crippen molar-refractivity contribution in [2.75, 3.05) is 26.4 Å². The Morgan fingerprint density at radius 2 is 2.25 bits per heavy atom. The largest absolute Gasteiger partial charge is 0.396 e. The molecule has 0 aliphatic carbocycles. The molecule has 6 heteroatoms. The lowest BCUT2D eigenvalue weighted by atomic mass is 9.81. The molecule has 5 nitrogen and oxygen atoms in total. The van der Waals surface area contributed by atoms with Crippen LogP contribution in [0.15, 0.2) is 6.20 Å². The zero-order valence-corrected chi connectivity index (χ0v) is 12.8. The third-order valence-corrected chi connectivity index (χ3v) is 5.05. The van der Waals surface area contributed by atoms with Gasteiger partial charge >= 0.3 is 0 Å². The molecular weight excluding hydrogens is 276 g/mol. The third kappa shape index (κ3) is 3.56. The van der Waals surface area contributed by atoms with Crippen LogP contribution in [0.4, 0.5) is 0 Å². The van der Waals surface area contributed by atoms with Crippen LogP contribution in [-0.4, -0.2) is 42.4 Å². The van der Waals surface area contributed by atoms with Crippen LogP contribution in [-0.2, 0) is 4.74 Å². The molecule has 1 fully saturated rings. The van der Waals surface area contributed by atoms with E-state index in [4.69, 9.17) is 4.74 Å². The van der Waals surface area contributed by atoms with Gasteiger partial charge in [-0.05, 0) is 12.8 Å². The SMILES string of the molecule is CC(C)c1ncc(C(=O)NCC2(CO)CCOCC2)s1. The van der Waals surface area contributed by atoms with Crippen molar-refractivity contribution >= 4 is 17.2 Å². The summed E-state index contributed by atoms with van der Waals surface area (Å²) in [5.74, 6) is 0.231. The third-order valence-electron chi connectivity index (χ3n) is 3.75. The van der Waals surface area contributed by atoms with E-state index < -0.39 is 0 Å². The smallest absolute Gasteiger partial charge is 0.263 e. The summed E-state index contributed by atoms with van der Waals surface area (Å²) in [6.07, 6.45) is 3.19. The number of thiazole rings is 1. The van der Waals surface area contributed by atoms with Gasteiger partial charge in [0, 0.05) is 31.1 Å². The highest BCUT2D eigenvalue weighted by atomic mass is 32.1. The lowest BCUT2D eigenvalue weighted by molar-refractivity contribution is -0.0146. The second kappa shape index (κ2) is 6.65. The number of hydrogen-bond acceptors (Lipinski definition) is 5. The minimum absolute atomic E-state index is 0.0799. The van der Waals surface area contributed by atoms with E-state index in [1.807, 2.05) is 0 Å². The highest BCUT2D eigenvalue weighted by Crippen LogP contribution is 2.29. The molecule has 0 atom stereocenters. The molecule has 1 amide bonds. The molecule has 0 aromatic carbocycles. The number of carbonyl (C=O) groups is 1. The second-order valence-electron chi connectivity index (χ2n) is 5.67. The van der Waals surface area contributed by atoms with Crippen molar-refractivity contribution in [1.82, 2.24) is 10.3 Å². The Labute approximate surface area is 123 Å². The number of aliphatic hydroxyl groups excluding tert-OH is 1. The standard InChI is InChI=1S/C14H22N2O3S/c1-10(2)13-15-7-11(20-13)12(18)16-8-14(9-17)3-5-19-6-4-14/h7,10,17H,3-6,8-9H2,1-2H3,(H,16,18). The van der Waals surface area contributed by atoms with Crippen molar-refractivity contribution in [3.8, 4) is 0 Å². The van der Waals surface area contributed by atoms with Crippen molar-refractivity contribution in [3.05, 3.63) is 16.1 Å². The first-order valence-corrected chi connectivity index (χ1v) is 7.80. The maximum atomic E-state index is 12.1. The van der Waals surface area contributed by atoms with Crippen LogP contribution in [0.2, 0.25) is 0 Å². The van der Waals surface area contributed by atoms with Gasteiger partial charge in [0.15, 0.2) is 0 Å². The Kier molecular flexibility index (Phi) is 5.12. The summed E-state index contributed by atoms with van der Waals surface area (Å²) in [4.78, 5) is 17.0. The van der Waals surface area contributed by atoms with E-state index in [1.165, 1.54) is 11.3 Å². The van der Waals surface area contributed by atoms with Gasteiger partial charge in [-0.2, -0.15) is 0 Å². The highest BCUT2D eigenvalue weighted by molar-refractivity contribution is 7.13. The first-order valence-electron chi connectivity index (χ1n) is 6.99. The maximum absolute atomic E-state index is 12.1. The Morgan fingerprint density at radius 1 is 1.55 bits per heavy atom. The van der Waals surface area contributed by atoms with Gasteiger partial charge in [0.2, 0.25) is 0 Å². The minimum Gasteiger partial charge on any atom is -0.396 e. The maximum Gasteiger partial charge on any atom is 0.263 e. The number of rotatable bonds is 5. The average Bonchev–Trinajstić information content (AvgIpc) is 2.96. The van der Waals surface area contributed by atoms with Crippen LogP contribution in [0.3, 0.4) is 0 Å². The molecule has 0 unspecified atom stereocenters. The first kappa shape index (κ1) is 15.4. The number of carbonyl (C=O) groups excluding carboxylic acids is 1. The minimum atomic E-state index is -0.237. The molecule has 2 N–H and O–H groups in total. The Morgan fingerprint density at radius 3 is 2.80 bits per heavy atom. The molecular formula is C14H22N2O3S. The predicted octanol–water partition coefficient (Wildman–Crippen LogP) is 1.79. The monoisotopic (exact) mass is 298 g/mol. The van der Waals surface area contributed by atoms with Crippen molar-refractivity contribution in [2.45, 2.75) is 32.6 Å². The average molecular weight is 298 g/mol. The fourth-order valence-corrected chi connectivity index (χ4v) is 3.05. The molecule has 1 aliphatic heterocycles. The van der Waals surface area contributed by atoms with Gasteiger partial charge < -0.3 is 15.2 Å². The summed E-state index contributed by atoms with van der Waals surface area (Å²) in [6, 6.07) is 0. The van der Waals surface area contributed by atoms with E-state index in [0.717, 1.165) is 17.8 Å². The van der Waals surface area contributed by atoms with Gasteiger partial charge in [-0.1, -0.05) is 13.8 Å². The molecule has 112 valence electrons. The molecule has 0 spiro atoms. The summed E-state index contributed by atoms with van der Waals surface area (Å²) in [5, 5.41) is 13.5. The van der Waals surface area contributed by atoms with Gasteiger partial charge in [-0.15, -0.1) is 11.3 Å². The first-order chi connectivity index (χ1) is 9.56. The van der Waals surface area contributed by atoms with E-state index >= 15 is 0 Å². The predicted molar refractivity (Wildman–Crippen MR) is 78.1 cm³/mol. The van der Waals surface area contributed by atoms with Crippen molar-refractivity contribution < 1.29 is 14.6 Å². The van der Waals surface area contributed by atoms with Crippen molar-refractivity contribution in [1.29, 1.82) is 0 Å². The van der Waals surface area contributed by atoms with E-state index in [2.05, 4.69) is 24.1 Å². The number of aliphatic hydroxyl groups is 1. The molecule has 20 heavy (non-hydrogen) atoms. The topological polar surface area (TPSA) is 71.5 Å². The van der Waals surface area contributed by atoms with Gasteiger partial charge in [-0.25, -0.2) is 4.98 Å². The Bertz CT molecular complexity index is 453. The summed E-state index contributed by atoms with van der Waals surface area (Å²) in [5.41, 5.74) is -0.237. The molecule has 1 aliphatic rings. The molecule has 1 aromatic heterocycles. The van der Waals surface area contributed by atoms with E-state index in [-0.39, 0.29) is 17.9 Å². The number of ether oxygens (including phenoxy) is 1. The zero-order chi connectivity index (χ0) is 14.6. The van der Waals surface area contributed by atoms with Gasteiger partial charge in [0.1, 0.15) is 4.88 Å². The molecule has 1 saturated heterocycles.